The molecule has 6 aromatic rings. The first-order valence-electron chi connectivity index (χ1n) is 16.2. The van der Waals surface area contributed by atoms with Crippen molar-refractivity contribution in [2.75, 3.05) is 13.7 Å². The molecule has 13 heteroatoms. The zero-order valence-corrected chi connectivity index (χ0v) is 30.0. The van der Waals surface area contributed by atoms with E-state index in [4.69, 9.17) is 26.5 Å². The molecule has 49 heavy (non-hydrogen) atoms. The third-order valence-corrected chi connectivity index (χ3v) is 11.4. The molecule has 0 bridgehead atoms. The number of methoxy groups -OCH3 is 1. The number of aryl methyl sites for hydroxylation is 4. The highest BCUT2D eigenvalue weighted by molar-refractivity contribution is 7.98. The van der Waals surface area contributed by atoms with E-state index in [-0.39, 0.29) is 12.4 Å². The van der Waals surface area contributed by atoms with Gasteiger partial charge in [-0.2, -0.15) is 10.2 Å². The number of aromatic hydroxyl groups is 1. The zero-order valence-electron chi connectivity index (χ0n) is 27.6. The molecule has 4 aromatic heterocycles. The maximum absolute atomic E-state index is 13.0. The van der Waals surface area contributed by atoms with Crippen LogP contribution in [0, 0.1) is 0 Å². The number of phenols is 1. The van der Waals surface area contributed by atoms with Crippen LogP contribution in [0.25, 0.3) is 32.9 Å². The molecule has 10 nitrogen and oxygen atoms in total. The fourth-order valence-electron chi connectivity index (χ4n) is 6.90. The number of hydrogen-bond acceptors (Lipinski definition) is 9. The van der Waals surface area contributed by atoms with Gasteiger partial charge >= 0.3 is 5.97 Å². The predicted octanol–water partition coefficient (Wildman–Crippen LogP) is 7.07. The molecule has 254 valence electrons. The Morgan fingerprint density at radius 3 is 2.76 bits per heavy atom. The molecule has 0 fully saturated rings. The van der Waals surface area contributed by atoms with Crippen LogP contribution in [0.5, 0.6) is 5.75 Å². The number of aliphatic hydroxyl groups is 1. The number of hydrogen-bond donors (Lipinski definition) is 2. The Labute approximate surface area is 297 Å². The van der Waals surface area contributed by atoms with Crippen LogP contribution in [-0.4, -0.2) is 59.0 Å². The SMILES string of the molecule is COC(=O)c1c(CCCO)c2ccc(Cl)c(-c3c(CSCc4cc(CSc5cc(O)c6ncccc6c5)n(C)n4)nn4c3CCC4)c2n1C. The van der Waals surface area contributed by atoms with Crippen molar-refractivity contribution in [3.8, 4) is 16.9 Å². The van der Waals surface area contributed by atoms with E-state index < -0.39 is 5.97 Å². The van der Waals surface area contributed by atoms with Crippen LogP contribution in [0.4, 0.5) is 0 Å². The molecular formula is C36H37ClN6O4S2. The van der Waals surface area contributed by atoms with Crippen LogP contribution in [-0.2, 0) is 55.5 Å². The number of benzene rings is 2. The van der Waals surface area contributed by atoms with Crippen molar-refractivity contribution in [3.05, 3.63) is 87.7 Å². The minimum absolute atomic E-state index is 0.0270. The second kappa shape index (κ2) is 14.1. The fraction of sp³-hybridized carbons (Fsp3) is 0.333. The molecular weight excluding hydrogens is 680 g/mol. The lowest BCUT2D eigenvalue weighted by atomic mass is 9.97. The number of rotatable bonds is 12. The van der Waals surface area contributed by atoms with Gasteiger partial charge in [0.05, 0.1) is 29.0 Å². The van der Waals surface area contributed by atoms with Crippen LogP contribution < -0.4 is 0 Å². The number of aliphatic hydroxyl groups excluding tert-OH is 1. The lowest BCUT2D eigenvalue weighted by molar-refractivity contribution is 0.0589. The molecule has 1 aliphatic heterocycles. The smallest absolute Gasteiger partial charge is 0.354 e. The Morgan fingerprint density at radius 2 is 1.94 bits per heavy atom. The van der Waals surface area contributed by atoms with Gasteiger partial charge in [0, 0.05) is 88.9 Å². The van der Waals surface area contributed by atoms with Gasteiger partial charge in [0.25, 0.3) is 0 Å². The number of pyridine rings is 1. The van der Waals surface area contributed by atoms with Crippen LogP contribution >= 0.6 is 35.1 Å². The summed E-state index contributed by atoms with van der Waals surface area (Å²) in [5.74, 6) is 1.86. The number of esters is 1. The van der Waals surface area contributed by atoms with Crippen molar-refractivity contribution in [3.63, 3.8) is 0 Å². The number of ether oxygens (including phenoxy) is 1. The van der Waals surface area contributed by atoms with Gasteiger partial charge < -0.3 is 19.5 Å². The predicted molar refractivity (Wildman–Crippen MR) is 195 cm³/mol. The minimum atomic E-state index is -0.412. The first-order chi connectivity index (χ1) is 23.8. The molecule has 0 aliphatic carbocycles. The van der Waals surface area contributed by atoms with E-state index in [1.807, 2.05) is 53.7 Å². The highest BCUT2D eigenvalue weighted by Crippen LogP contribution is 2.44. The molecule has 0 saturated carbocycles. The van der Waals surface area contributed by atoms with Crippen LogP contribution in [0.1, 0.15) is 51.7 Å². The van der Waals surface area contributed by atoms with Gasteiger partial charge in [-0.1, -0.05) is 23.7 Å². The van der Waals surface area contributed by atoms with Gasteiger partial charge in [-0.3, -0.25) is 14.3 Å². The molecule has 7 rings (SSSR count). The van der Waals surface area contributed by atoms with E-state index in [0.29, 0.717) is 46.3 Å². The summed E-state index contributed by atoms with van der Waals surface area (Å²) >= 11 is 10.4. The number of aromatic nitrogens is 6. The van der Waals surface area contributed by atoms with Gasteiger partial charge in [0.2, 0.25) is 0 Å². The second-order valence-corrected chi connectivity index (χ2v) is 14.6. The average Bonchev–Trinajstić information content (AvgIpc) is 3.85. The molecule has 0 saturated heterocycles. The maximum Gasteiger partial charge on any atom is 0.354 e. The lowest BCUT2D eigenvalue weighted by Gasteiger charge is -2.12. The summed E-state index contributed by atoms with van der Waals surface area (Å²) in [6, 6.07) is 13.7. The first-order valence-corrected chi connectivity index (χ1v) is 18.7. The van der Waals surface area contributed by atoms with Crippen molar-refractivity contribution < 1.29 is 19.7 Å². The Morgan fingerprint density at radius 1 is 1.08 bits per heavy atom. The highest BCUT2D eigenvalue weighted by Gasteiger charge is 2.30. The second-order valence-electron chi connectivity index (χ2n) is 12.2. The van der Waals surface area contributed by atoms with E-state index in [2.05, 4.69) is 15.7 Å². The normalized spacial score (nSPS) is 12.8. The molecule has 2 aromatic carbocycles. The molecule has 0 spiro atoms. The topological polar surface area (TPSA) is 120 Å². The fourth-order valence-corrected chi connectivity index (χ4v) is 8.98. The quantitative estimate of drug-likeness (QED) is 0.101. The Hall–Kier alpha value is -3.97. The lowest BCUT2D eigenvalue weighted by Crippen LogP contribution is -2.10. The van der Waals surface area contributed by atoms with Gasteiger partial charge in [-0.25, -0.2) is 4.79 Å². The number of thioether (sulfide) groups is 2. The number of phenolic OH excluding ortho intramolecular Hbond substituents is 1. The number of nitrogens with zero attached hydrogens (tertiary/aromatic N) is 6. The number of fused-ring (bicyclic) bond motifs is 3. The summed E-state index contributed by atoms with van der Waals surface area (Å²) in [5.41, 5.74) is 8.94. The summed E-state index contributed by atoms with van der Waals surface area (Å²) in [5, 5.41) is 32.4. The summed E-state index contributed by atoms with van der Waals surface area (Å²) in [6.45, 7) is 0.884. The molecule has 0 unspecified atom stereocenters. The third-order valence-electron chi connectivity index (χ3n) is 9.10. The van der Waals surface area contributed by atoms with E-state index in [1.54, 1.807) is 35.8 Å². The largest absolute Gasteiger partial charge is 0.506 e. The summed E-state index contributed by atoms with van der Waals surface area (Å²) in [6.07, 6.45) is 4.68. The Kier molecular flexibility index (Phi) is 9.65. The molecule has 2 N–H and O–H groups in total. The summed E-state index contributed by atoms with van der Waals surface area (Å²) in [4.78, 5) is 18.3. The van der Waals surface area contributed by atoms with Crippen molar-refractivity contribution in [1.29, 1.82) is 0 Å². The standard InChI is InChI=1S/C36H37ClN6O4S2/c1-41-34-26(25(8-6-14-44)35(41)36(46)47-3)10-11-27(37)31(34)32-28(40-43-13-5-9-29(32)43)20-48-18-22-16-23(42(2)39-22)19-49-24-15-21-7-4-12-38-33(21)30(45)17-24/h4,7,10-12,15-17,44-45H,5-6,8-9,13-14,18-20H2,1-3H3. The third kappa shape index (κ3) is 6.31. The van der Waals surface area contributed by atoms with E-state index in [1.165, 1.54) is 7.11 Å². The number of halogens is 1. The average molecular weight is 717 g/mol. The molecule has 1 aliphatic rings. The van der Waals surface area contributed by atoms with Gasteiger partial charge in [-0.15, -0.1) is 23.5 Å². The molecule has 0 amide bonds. The number of carbonyl (C=O) groups excluding carboxylic acids is 1. The first kappa shape index (κ1) is 33.5. The van der Waals surface area contributed by atoms with Crippen LogP contribution in [0.3, 0.4) is 0 Å². The van der Waals surface area contributed by atoms with E-state index >= 15 is 0 Å². The monoisotopic (exact) mass is 716 g/mol. The van der Waals surface area contributed by atoms with Gasteiger partial charge in [0.1, 0.15) is 17.0 Å². The maximum atomic E-state index is 13.0. The summed E-state index contributed by atoms with van der Waals surface area (Å²) < 4.78 is 11.1. The highest BCUT2D eigenvalue weighted by atomic mass is 35.5. The van der Waals surface area contributed by atoms with Crippen molar-refractivity contribution in [2.45, 2.75) is 54.4 Å². The van der Waals surface area contributed by atoms with Crippen molar-refractivity contribution >= 4 is 62.9 Å². The number of carbonyl (C=O) groups is 1. The molecule has 5 heterocycles. The Balaban J connectivity index is 1.14. The van der Waals surface area contributed by atoms with Crippen LogP contribution in [0.15, 0.2) is 53.6 Å². The minimum Gasteiger partial charge on any atom is -0.506 e. The molecule has 0 atom stereocenters. The van der Waals surface area contributed by atoms with E-state index in [9.17, 15) is 15.0 Å². The zero-order chi connectivity index (χ0) is 34.2. The Bertz CT molecular complexity index is 2210. The summed E-state index contributed by atoms with van der Waals surface area (Å²) in [7, 11) is 5.23. The molecule has 0 radical (unpaired) electrons. The van der Waals surface area contributed by atoms with Crippen molar-refractivity contribution in [2.24, 2.45) is 14.1 Å². The van der Waals surface area contributed by atoms with Gasteiger partial charge in [-0.05, 0) is 61.6 Å². The van der Waals surface area contributed by atoms with E-state index in [0.717, 1.165) is 80.0 Å². The van der Waals surface area contributed by atoms with Crippen molar-refractivity contribution in [1.82, 2.24) is 29.1 Å². The van der Waals surface area contributed by atoms with Crippen LogP contribution in [0.2, 0.25) is 5.02 Å². The van der Waals surface area contributed by atoms with Gasteiger partial charge in [0.15, 0.2) is 0 Å².